The van der Waals surface area contributed by atoms with Gasteiger partial charge in [-0.05, 0) is 63.0 Å². The highest BCUT2D eigenvalue weighted by molar-refractivity contribution is 6.21. The summed E-state index contributed by atoms with van der Waals surface area (Å²) in [6, 6.07) is 8.89. The van der Waals surface area contributed by atoms with E-state index in [4.69, 9.17) is 4.52 Å². The summed E-state index contributed by atoms with van der Waals surface area (Å²) in [6.07, 6.45) is 10.8. The summed E-state index contributed by atoms with van der Waals surface area (Å²) in [5, 5.41) is 14.9. The fourth-order valence-electron chi connectivity index (χ4n) is 6.54. The lowest BCUT2D eigenvalue weighted by Gasteiger charge is -2.38. The molecular formula is C33H40FN3O5. The number of unbranched alkanes of at least 4 members (excludes halogenated alkanes) is 5. The highest BCUT2D eigenvalue weighted by Gasteiger charge is 2.39. The summed E-state index contributed by atoms with van der Waals surface area (Å²) >= 11 is 0. The van der Waals surface area contributed by atoms with Crippen LogP contribution in [-0.2, 0) is 4.79 Å². The Bertz CT molecular complexity index is 1430. The Morgan fingerprint density at radius 2 is 1.69 bits per heavy atom. The van der Waals surface area contributed by atoms with Crippen molar-refractivity contribution in [3.05, 3.63) is 53.3 Å². The van der Waals surface area contributed by atoms with Gasteiger partial charge in [0.2, 0.25) is 0 Å². The van der Waals surface area contributed by atoms with Crippen LogP contribution in [0.2, 0.25) is 0 Å². The van der Waals surface area contributed by atoms with E-state index in [1.54, 1.807) is 24.3 Å². The molecule has 1 aromatic heterocycles. The molecule has 1 saturated heterocycles. The van der Waals surface area contributed by atoms with Crippen molar-refractivity contribution in [1.82, 2.24) is 15.0 Å². The lowest BCUT2D eigenvalue weighted by molar-refractivity contribution is -0.145. The summed E-state index contributed by atoms with van der Waals surface area (Å²) in [7, 11) is 0. The van der Waals surface area contributed by atoms with Gasteiger partial charge in [0.1, 0.15) is 11.5 Å². The van der Waals surface area contributed by atoms with Crippen molar-refractivity contribution in [2.75, 3.05) is 19.6 Å². The predicted molar refractivity (Wildman–Crippen MR) is 158 cm³/mol. The number of halogens is 1. The molecule has 2 unspecified atom stereocenters. The maximum Gasteiger partial charge on any atom is 0.308 e. The number of benzene rings is 2. The van der Waals surface area contributed by atoms with Crippen molar-refractivity contribution in [1.29, 1.82) is 0 Å². The van der Waals surface area contributed by atoms with E-state index in [0.717, 1.165) is 51.6 Å². The number of carbonyl (C=O) groups is 3. The number of fused-ring (bicyclic) bond motifs is 2. The summed E-state index contributed by atoms with van der Waals surface area (Å²) in [6.45, 7) is 4.02. The van der Waals surface area contributed by atoms with Gasteiger partial charge in [0.15, 0.2) is 5.58 Å². The molecule has 1 fully saturated rings. The number of carboxylic acids is 1. The number of imide groups is 1. The number of carboxylic acid groups (broad SMARTS) is 1. The Kier molecular flexibility index (Phi) is 9.67. The first kappa shape index (κ1) is 29.9. The van der Waals surface area contributed by atoms with Crippen LogP contribution in [0.1, 0.15) is 98.3 Å². The van der Waals surface area contributed by atoms with E-state index in [9.17, 15) is 23.9 Å². The van der Waals surface area contributed by atoms with Crippen LogP contribution < -0.4 is 0 Å². The molecule has 0 radical (unpaired) electrons. The van der Waals surface area contributed by atoms with Gasteiger partial charge >= 0.3 is 5.97 Å². The fraction of sp³-hybridized carbons (Fsp3) is 0.515. The molecule has 2 aliphatic heterocycles. The summed E-state index contributed by atoms with van der Waals surface area (Å²) in [5.74, 6) is -2.53. The summed E-state index contributed by atoms with van der Waals surface area (Å²) in [5.41, 5.74) is 1.96. The van der Waals surface area contributed by atoms with Crippen molar-refractivity contribution in [2.45, 2.75) is 83.6 Å². The normalized spacial score (nSPS) is 17.1. The second-order valence-corrected chi connectivity index (χ2v) is 11.6. The van der Waals surface area contributed by atoms with Gasteiger partial charge in [0, 0.05) is 29.6 Å². The average Bonchev–Trinajstić information content (AvgIpc) is 3.51. The summed E-state index contributed by atoms with van der Waals surface area (Å²) in [4.78, 5) is 42.9. The van der Waals surface area contributed by atoms with Crippen LogP contribution in [0.5, 0.6) is 0 Å². The lowest BCUT2D eigenvalue weighted by atomic mass is 9.88. The third-order valence-corrected chi connectivity index (χ3v) is 8.84. The molecule has 0 aliphatic carbocycles. The SMILES string of the molecule is CCCCCCCCC(C(=O)O)C(CCN1C(=O)c2ccc(-c3noc4cc(F)ccc34)cc2C1=O)N1CCCCC1. The van der Waals surface area contributed by atoms with Gasteiger partial charge in [-0.3, -0.25) is 24.2 Å². The van der Waals surface area contributed by atoms with Crippen LogP contribution in [0, 0.1) is 11.7 Å². The number of nitrogens with zero attached hydrogens (tertiary/aromatic N) is 3. The minimum Gasteiger partial charge on any atom is -0.481 e. The second-order valence-electron chi connectivity index (χ2n) is 11.6. The quantitative estimate of drug-likeness (QED) is 0.164. The number of amides is 2. The first-order valence-corrected chi connectivity index (χ1v) is 15.4. The van der Waals surface area contributed by atoms with E-state index in [2.05, 4.69) is 17.0 Å². The van der Waals surface area contributed by atoms with E-state index in [-0.39, 0.29) is 24.1 Å². The molecule has 0 saturated carbocycles. The van der Waals surface area contributed by atoms with Gasteiger partial charge in [0.25, 0.3) is 11.8 Å². The second kappa shape index (κ2) is 13.6. The van der Waals surface area contributed by atoms with Gasteiger partial charge in [-0.2, -0.15) is 0 Å². The molecule has 224 valence electrons. The standard InChI is InChI=1S/C33H40FN3O5/c1-2-3-4-5-6-8-11-25(33(40)41)28(36-17-9-7-10-18-36)16-19-37-31(38)24-14-12-22(20-27(24)32(37)39)30-26-15-13-23(34)21-29(26)42-35-30/h12-15,20-21,25,28H,2-11,16-19H2,1H3,(H,40,41). The third-order valence-electron chi connectivity index (χ3n) is 8.84. The van der Waals surface area contributed by atoms with E-state index < -0.39 is 23.6 Å². The minimum atomic E-state index is -0.800. The molecule has 2 aliphatic rings. The van der Waals surface area contributed by atoms with E-state index in [0.29, 0.717) is 40.6 Å². The van der Waals surface area contributed by atoms with Crippen LogP contribution in [0.15, 0.2) is 40.9 Å². The van der Waals surface area contributed by atoms with Crippen molar-refractivity contribution < 1.29 is 28.4 Å². The van der Waals surface area contributed by atoms with Crippen LogP contribution in [0.25, 0.3) is 22.2 Å². The van der Waals surface area contributed by atoms with E-state index in [1.807, 2.05) is 0 Å². The minimum absolute atomic E-state index is 0.162. The first-order valence-electron chi connectivity index (χ1n) is 15.4. The van der Waals surface area contributed by atoms with Gasteiger partial charge in [0.05, 0.1) is 17.0 Å². The van der Waals surface area contributed by atoms with Gasteiger partial charge in [-0.15, -0.1) is 0 Å². The van der Waals surface area contributed by atoms with Crippen molar-refractivity contribution in [3.63, 3.8) is 0 Å². The topological polar surface area (TPSA) is 104 Å². The molecule has 0 bridgehead atoms. The zero-order valence-corrected chi connectivity index (χ0v) is 24.3. The fourth-order valence-corrected chi connectivity index (χ4v) is 6.54. The first-order chi connectivity index (χ1) is 20.4. The predicted octanol–water partition coefficient (Wildman–Crippen LogP) is 6.93. The Hall–Kier alpha value is -3.59. The largest absolute Gasteiger partial charge is 0.481 e. The Morgan fingerprint density at radius 1 is 0.952 bits per heavy atom. The molecule has 8 nitrogen and oxygen atoms in total. The van der Waals surface area contributed by atoms with Gasteiger partial charge < -0.3 is 9.63 Å². The zero-order valence-electron chi connectivity index (χ0n) is 24.3. The molecule has 2 amide bonds. The van der Waals surface area contributed by atoms with Crippen LogP contribution in [-0.4, -0.2) is 63.5 Å². The summed E-state index contributed by atoms with van der Waals surface area (Å²) < 4.78 is 18.9. The maximum absolute atomic E-state index is 13.6. The van der Waals surface area contributed by atoms with Crippen LogP contribution in [0.3, 0.4) is 0 Å². The lowest BCUT2D eigenvalue weighted by Crippen LogP contribution is -2.48. The number of aliphatic carboxylic acids is 1. The average molecular weight is 578 g/mol. The highest BCUT2D eigenvalue weighted by atomic mass is 19.1. The van der Waals surface area contributed by atoms with Crippen LogP contribution in [0.4, 0.5) is 4.39 Å². The van der Waals surface area contributed by atoms with E-state index >= 15 is 0 Å². The monoisotopic (exact) mass is 577 g/mol. The Balaban J connectivity index is 1.31. The number of aromatic nitrogens is 1. The molecule has 3 aromatic rings. The van der Waals surface area contributed by atoms with Crippen molar-refractivity contribution in [2.24, 2.45) is 5.92 Å². The molecule has 42 heavy (non-hydrogen) atoms. The van der Waals surface area contributed by atoms with Crippen molar-refractivity contribution in [3.8, 4) is 11.3 Å². The molecule has 5 rings (SSSR count). The number of hydrogen-bond donors (Lipinski definition) is 1. The number of piperidine rings is 1. The van der Waals surface area contributed by atoms with Crippen LogP contribution >= 0.6 is 0 Å². The molecule has 9 heteroatoms. The number of rotatable bonds is 14. The smallest absolute Gasteiger partial charge is 0.308 e. The van der Waals surface area contributed by atoms with Crippen molar-refractivity contribution >= 4 is 28.8 Å². The molecule has 2 aromatic carbocycles. The zero-order chi connectivity index (χ0) is 29.6. The van der Waals surface area contributed by atoms with E-state index in [1.165, 1.54) is 36.3 Å². The highest BCUT2D eigenvalue weighted by Crippen LogP contribution is 2.33. The number of carbonyl (C=O) groups excluding carboxylic acids is 2. The molecule has 1 N–H and O–H groups in total. The third kappa shape index (κ3) is 6.41. The van der Waals surface area contributed by atoms with Gasteiger partial charge in [-0.25, -0.2) is 4.39 Å². The number of hydrogen-bond acceptors (Lipinski definition) is 6. The Morgan fingerprint density at radius 3 is 2.45 bits per heavy atom. The van der Waals surface area contributed by atoms with Gasteiger partial charge in [-0.1, -0.05) is 63.1 Å². The number of likely N-dealkylation sites (tertiary alicyclic amines) is 1. The molecule has 2 atom stereocenters. The molecule has 0 spiro atoms. The molecule has 3 heterocycles. The molecular weight excluding hydrogens is 537 g/mol. The maximum atomic E-state index is 13.6. The Labute approximate surface area is 245 Å².